The van der Waals surface area contributed by atoms with Crippen molar-refractivity contribution in [2.45, 2.75) is 6.61 Å². The summed E-state index contributed by atoms with van der Waals surface area (Å²) in [7, 11) is 3.26. The molecular formula is C17H16Cl3N3O2S. The number of thiocarbonyl (C=S) groups is 1. The SMILES string of the molecule is CNC(=S)NN=Cc1ccc(OCc2c(Cl)ccc(Cl)c2Cl)c(OC)c1. The molecule has 2 N–H and O–H groups in total. The van der Waals surface area contributed by atoms with E-state index < -0.39 is 0 Å². The Hall–Kier alpha value is -1.73. The van der Waals surface area contributed by atoms with Gasteiger partial charge in [0.2, 0.25) is 0 Å². The third kappa shape index (κ3) is 5.38. The standard InChI is InChI=1S/C17H16Cl3N3O2S/c1-21-17(26)23-22-8-10-3-6-14(15(7-10)24-2)25-9-11-12(18)4-5-13(19)16(11)20/h3-8H,9H2,1-2H3,(H2,21,23,26). The van der Waals surface area contributed by atoms with Crippen LogP contribution in [0.3, 0.4) is 0 Å². The predicted molar refractivity (Wildman–Crippen MR) is 111 cm³/mol. The minimum Gasteiger partial charge on any atom is -0.493 e. The molecule has 0 aliphatic rings. The van der Waals surface area contributed by atoms with Gasteiger partial charge in [-0.3, -0.25) is 5.43 Å². The number of halogens is 3. The molecule has 0 saturated heterocycles. The number of hydrogen-bond acceptors (Lipinski definition) is 4. The molecule has 2 aromatic carbocycles. The number of nitrogens with zero attached hydrogens (tertiary/aromatic N) is 1. The molecule has 0 unspecified atom stereocenters. The normalized spacial score (nSPS) is 10.7. The van der Waals surface area contributed by atoms with Crippen LogP contribution in [0.4, 0.5) is 0 Å². The first-order valence-corrected chi connectivity index (χ1v) is 8.94. The lowest BCUT2D eigenvalue weighted by Gasteiger charge is -2.13. The number of rotatable bonds is 6. The summed E-state index contributed by atoms with van der Waals surface area (Å²) < 4.78 is 11.2. The van der Waals surface area contributed by atoms with Crippen LogP contribution in [0, 0.1) is 0 Å². The molecule has 26 heavy (non-hydrogen) atoms. The first-order chi connectivity index (χ1) is 12.5. The minimum absolute atomic E-state index is 0.153. The highest BCUT2D eigenvalue weighted by Crippen LogP contribution is 2.34. The van der Waals surface area contributed by atoms with Gasteiger partial charge in [-0.2, -0.15) is 5.10 Å². The van der Waals surface area contributed by atoms with E-state index in [1.54, 1.807) is 44.6 Å². The monoisotopic (exact) mass is 431 g/mol. The highest BCUT2D eigenvalue weighted by molar-refractivity contribution is 7.80. The number of methoxy groups -OCH3 is 1. The number of ether oxygens (including phenoxy) is 2. The largest absolute Gasteiger partial charge is 0.493 e. The number of hydrogen-bond donors (Lipinski definition) is 2. The van der Waals surface area contributed by atoms with Crippen LogP contribution in [0.15, 0.2) is 35.4 Å². The van der Waals surface area contributed by atoms with Gasteiger partial charge in [-0.05, 0) is 48.1 Å². The fourth-order valence-corrected chi connectivity index (χ4v) is 2.67. The molecule has 0 amide bonds. The van der Waals surface area contributed by atoms with E-state index in [2.05, 4.69) is 15.8 Å². The van der Waals surface area contributed by atoms with E-state index in [4.69, 9.17) is 56.5 Å². The van der Waals surface area contributed by atoms with Crippen LogP contribution in [-0.4, -0.2) is 25.5 Å². The molecule has 0 radical (unpaired) electrons. The van der Waals surface area contributed by atoms with Crippen LogP contribution in [0.25, 0.3) is 0 Å². The second-order valence-electron chi connectivity index (χ2n) is 4.97. The van der Waals surface area contributed by atoms with Crippen molar-refractivity contribution in [3.63, 3.8) is 0 Å². The summed E-state index contributed by atoms with van der Waals surface area (Å²) in [5, 5.41) is 8.46. The van der Waals surface area contributed by atoms with Crippen molar-refractivity contribution >= 4 is 58.3 Å². The molecule has 0 heterocycles. The van der Waals surface area contributed by atoms with Gasteiger partial charge in [0, 0.05) is 17.6 Å². The van der Waals surface area contributed by atoms with Crippen LogP contribution in [0.1, 0.15) is 11.1 Å². The van der Waals surface area contributed by atoms with Gasteiger partial charge in [0.05, 0.1) is 23.4 Å². The topological polar surface area (TPSA) is 54.9 Å². The van der Waals surface area contributed by atoms with Crippen molar-refractivity contribution in [3.05, 3.63) is 56.5 Å². The summed E-state index contributed by atoms with van der Waals surface area (Å²) in [5.74, 6) is 1.08. The summed E-state index contributed by atoms with van der Waals surface area (Å²) in [4.78, 5) is 0. The Morgan fingerprint density at radius 3 is 2.58 bits per heavy atom. The van der Waals surface area contributed by atoms with Gasteiger partial charge in [0.15, 0.2) is 16.6 Å². The number of benzene rings is 2. The van der Waals surface area contributed by atoms with E-state index in [0.29, 0.717) is 37.2 Å². The number of nitrogens with one attached hydrogen (secondary N) is 2. The third-order valence-electron chi connectivity index (χ3n) is 3.31. The average molecular weight is 433 g/mol. The van der Waals surface area contributed by atoms with E-state index >= 15 is 0 Å². The summed E-state index contributed by atoms with van der Waals surface area (Å²) >= 11 is 23.3. The first kappa shape index (κ1) is 20.6. The van der Waals surface area contributed by atoms with Crippen LogP contribution in [0.2, 0.25) is 15.1 Å². The Labute approximate surface area is 172 Å². The summed E-state index contributed by atoms with van der Waals surface area (Å²) in [6, 6.07) is 8.69. The maximum Gasteiger partial charge on any atom is 0.186 e. The van der Waals surface area contributed by atoms with Crippen molar-refractivity contribution in [2.75, 3.05) is 14.2 Å². The average Bonchev–Trinajstić information content (AvgIpc) is 2.65. The van der Waals surface area contributed by atoms with E-state index in [1.807, 2.05) is 6.07 Å². The van der Waals surface area contributed by atoms with Crippen molar-refractivity contribution in [2.24, 2.45) is 5.10 Å². The Kier molecular flexibility index (Phi) is 7.78. The molecule has 5 nitrogen and oxygen atoms in total. The minimum atomic E-state index is 0.153. The maximum absolute atomic E-state index is 6.19. The van der Waals surface area contributed by atoms with Gasteiger partial charge in [-0.25, -0.2) is 0 Å². The van der Waals surface area contributed by atoms with Crippen LogP contribution in [-0.2, 0) is 6.61 Å². The lowest BCUT2D eigenvalue weighted by Crippen LogP contribution is -2.28. The molecule has 0 aromatic heterocycles. The molecule has 0 saturated carbocycles. The molecular weight excluding hydrogens is 417 g/mol. The van der Waals surface area contributed by atoms with E-state index in [0.717, 1.165) is 5.56 Å². The Morgan fingerprint density at radius 2 is 1.88 bits per heavy atom. The molecule has 0 atom stereocenters. The summed E-state index contributed by atoms with van der Waals surface area (Å²) in [5.41, 5.74) is 4.09. The van der Waals surface area contributed by atoms with Crippen LogP contribution < -0.4 is 20.2 Å². The second kappa shape index (κ2) is 9.83. The van der Waals surface area contributed by atoms with Gasteiger partial charge in [-0.1, -0.05) is 34.8 Å². The second-order valence-corrected chi connectivity index (χ2v) is 6.57. The Morgan fingerprint density at radius 1 is 1.15 bits per heavy atom. The smallest absolute Gasteiger partial charge is 0.186 e. The van der Waals surface area contributed by atoms with Crippen molar-refractivity contribution < 1.29 is 9.47 Å². The quantitative estimate of drug-likeness (QED) is 0.301. The number of hydrazone groups is 1. The zero-order chi connectivity index (χ0) is 19.1. The maximum atomic E-state index is 6.19. The lowest BCUT2D eigenvalue weighted by molar-refractivity contribution is 0.284. The zero-order valence-corrected chi connectivity index (χ0v) is 17.1. The molecule has 2 aromatic rings. The van der Waals surface area contributed by atoms with Gasteiger partial charge >= 0.3 is 0 Å². The predicted octanol–water partition coefficient (Wildman–Crippen LogP) is 4.66. The fourth-order valence-electron chi connectivity index (χ4n) is 1.96. The van der Waals surface area contributed by atoms with Crippen molar-refractivity contribution in [1.29, 1.82) is 0 Å². The van der Waals surface area contributed by atoms with Crippen LogP contribution >= 0.6 is 47.0 Å². The molecule has 9 heteroatoms. The molecule has 0 spiro atoms. The van der Waals surface area contributed by atoms with E-state index in [9.17, 15) is 0 Å². The zero-order valence-electron chi connectivity index (χ0n) is 14.0. The van der Waals surface area contributed by atoms with Gasteiger partial charge in [-0.15, -0.1) is 0 Å². The Balaban J connectivity index is 2.13. The Bertz CT molecular complexity index is 831. The van der Waals surface area contributed by atoms with Crippen molar-refractivity contribution in [1.82, 2.24) is 10.7 Å². The highest BCUT2D eigenvalue weighted by Gasteiger charge is 2.12. The van der Waals surface area contributed by atoms with Gasteiger partial charge in [0.1, 0.15) is 6.61 Å². The molecule has 2 rings (SSSR count). The third-order valence-corrected chi connectivity index (χ3v) is 4.80. The summed E-state index contributed by atoms with van der Waals surface area (Å²) in [6.07, 6.45) is 1.61. The van der Waals surface area contributed by atoms with E-state index in [1.165, 1.54) is 0 Å². The molecule has 0 bridgehead atoms. The van der Waals surface area contributed by atoms with Gasteiger partial charge in [0.25, 0.3) is 0 Å². The fraction of sp³-hybridized carbons (Fsp3) is 0.176. The highest BCUT2D eigenvalue weighted by atomic mass is 35.5. The van der Waals surface area contributed by atoms with Crippen molar-refractivity contribution in [3.8, 4) is 11.5 Å². The van der Waals surface area contributed by atoms with Gasteiger partial charge < -0.3 is 14.8 Å². The summed E-state index contributed by atoms with van der Waals surface area (Å²) in [6.45, 7) is 0.153. The molecule has 0 aliphatic carbocycles. The molecule has 0 aliphatic heterocycles. The lowest BCUT2D eigenvalue weighted by atomic mass is 10.2. The van der Waals surface area contributed by atoms with E-state index in [-0.39, 0.29) is 6.61 Å². The molecule has 0 fully saturated rings. The molecule has 138 valence electrons. The first-order valence-electron chi connectivity index (χ1n) is 7.40. The van der Waals surface area contributed by atoms with Crippen LogP contribution in [0.5, 0.6) is 11.5 Å².